The van der Waals surface area contributed by atoms with Gasteiger partial charge in [-0.1, -0.05) is 11.6 Å². The van der Waals surface area contributed by atoms with Crippen molar-refractivity contribution >= 4 is 27.5 Å². The van der Waals surface area contributed by atoms with Crippen molar-refractivity contribution < 1.29 is 22.3 Å². The molecule has 0 aromatic heterocycles. The molecule has 0 bridgehead atoms. The Kier molecular flexibility index (Phi) is 6.22. The fourth-order valence-corrected chi connectivity index (χ4v) is 3.38. The van der Waals surface area contributed by atoms with Crippen LogP contribution in [0.4, 0.5) is 4.39 Å². The number of sulfonamides is 1. The molecule has 1 amide bonds. The maximum absolute atomic E-state index is 12.9. The summed E-state index contributed by atoms with van der Waals surface area (Å²) >= 11 is 5.95. The number of halogens is 2. The number of benzene rings is 2. The summed E-state index contributed by atoms with van der Waals surface area (Å²) in [5.74, 6) is -0.758. The van der Waals surface area contributed by atoms with E-state index >= 15 is 0 Å². The Balaban J connectivity index is 2.02. The van der Waals surface area contributed by atoms with E-state index in [1.165, 1.54) is 6.92 Å². The molecule has 0 saturated carbocycles. The average Bonchev–Trinajstić information content (AvgIpc) is 2.56. The van der Waals surface area contributed by atoms with Gasteiger partial charge >= 0.3 is 0 Å². The molecule has 9 heteroatoms. The quantitative estimate of drug-likeness (QED) is 0.730. The van der Waals surface area contributed by atoms with Gasteiger partial charge in [0.25, 0.3) is 15.9 Å². The van der Waals surface area contributed by atoms with Crippen molar-refractivity contribution in [2.24, 2.45) is 0 Å². The summed E-state index contributed by atoms with van der Waals surface area (Å²) in [4.78, 5) is 13.9. The van der Waals surface area contributed by atoms with Gasteiger partial charge in [-0.15, -0.1) is 4.83 Å². The molecule has 0 aliphatic carbocycles. The minimum atomic E-state index is -4.02. The van der Waals surface area contributed by atoms with Crippen LogP contribution in [0.15, 0.2) is 41.3 Å². The van der Waals surface area contributed by atoms with Gasteiger partial charge in [0, 0.05) is 5.02 Å². The second kappa shape index (κ2) is 8.03. The molecule has 0 aliphatic rings. The van der Waals surface area contributed by atoms with E-state index in [1.807, 2.05) is 4.83 Å². The van der Waals surface area contributed by atoms with Gasteiger partial charge in [-0.25, -0.2) is 12.8 Å². The van der Waals surface area contributed by atoms with E-state index in [2.05, 4.69) is 5.43 Å². The van der Waals surface area contributed by atoms with Gasteiger partial charge in [-0.3, -0.25) is 10.2 Å². The minimum absolute atomic E-state index is 0.183. The number of hydrazine groups is 1. The third-order valence-electron chi connectivity index (χ3n) is 3.52. The molecule has 1 atom stereocenters. The van der Waals surface area contributed by atoms with E-state index in [9.17, 15) is 17.6 Å². The normalized spacial score (nSPS) is 12.5. The van der Waals surface area contributed by atoms with E-state index in [1.54, 1.807) is 26.0 Å². The van der Waals surface area contributed by atoms with Gasteiger partial charge < -0.3 is 4.74 Å². The number of carbonyl (C=O) groups excluding carboxylic acids is 1. The first kappa shape index (κ1) is 20.2. The SMILES string of the molecule is Cc1cc(Cl)cc(C)c1O[C@@H](C)C(=O)NNS(=O)(=O)c1ccc(F)cc1. The molecule has 2 aromatic rings. The number of aryl methyl sites for hydroxylation is 2. The summed E-state index contributed by atoms with van der Waals surface area (Å²) in [6, 6.07) is 7.59. The van der Waals surface area contributed by atoms with Crippen molar-refractivity contribution in [3.05, 3.63) is 58.4 Å². The summed E-state index contributed by atoms with van der Waals surface area (Å²) in [6.07, 6.45) is -0.968. The van der Waals surface area contributed by atoms with Crippen LogP contribution in [-0.4, -0.2) is 20.4 Å². The van der Waals surface area contributed by atoms with Crippen LogP contribution in [0.3, 0.4) is 0 Å². The zero-order valence-electron chi connectivity index (χ0n) is 14.3. The first-order chi connectivity index (χ1) is 12.1. The third kappa shape index (κ3) is 4.94. The highest BCUT2D eigenvalue weighted by Gasteiger charge is 2.20. The first-order valence-electron chi connectivity index (χ1n) is 7.61. The number of rotatable bonds is 6. The van der Waals surface area contributed by atoms with Gasteiger partial charge in [0.15, 0.2) is 6.10 Å². The van der Waals surface area contributed by atoms with E-state index in [4.69, 9.17) is 16.3 Å². The van der Waals surface area contributed by atoms with Crippen molar-refractivity contribution in [2.45, 2.75) is 31.8 Å². The van der Waals surface area contributed by atoms with Crippen LogP contribution < -0.4 is 15.0 Å². The Morgan fingerprint density at radius 1 is 1.15 bits per heavy atom. The van der Waals surface area contributed by atoms with Gasteiger partial charge in [0.2, 0.25) is 0 Å². The lowest BCUT2D eigenvalue weighted by Crippen LogP contribution is -2.47. The zero-order valence-corrected chi connectivity index (χ0v) is 15.9. The largest absolute Gasteiger partial charge is 0.480 e. The van der Waals surface area contributed by atoms with E-state index < -0.39 is 27.9 Å². The lowest BCUT2D eigenvalue weighted by molar-refractivity contribution is -0.127. The molecule has 0 aliphatic heterocycles. The highest BCUT2D eigenvalue weighted by molar-refractivity contribution is 7.89. The number of ether oxygens (including phenoxy) is 1. The lowest BCUT2D eigenvalue weighted by atomic mass is 10.1. The van der Waals surface area contributed by atoms with Crippen LogP contribution in [0, 0.1) is 19.7 Å². The van der Waals surface area contributed by atoms with Gasteiger partial charge in [0.05, 0.1) is 4.90 Å². The van der Waals surface area contributed by atoms with E-state index in [-0.39, 0.29) is 4.90 Å². The number of amides is 1. The number of hydrogen-bond acceptors (Lipinski definition) is 4. The summed E-state index contributed by atoms with van der Waals surface area (Å²) in [5, 5.41) is 0.552. The predicted octanol–water partition coefficient (Wildman–Crippen LogP) is 2.87. The standard InChI is InChI=1S/C17H18ClFN2O4S/c1-10-8-13(18)9-11(2)16(10)25-12(3)17(22)20-21-26(23,24)15-6-4-14(19)5-7-15/h4-9,12,21H,1-3H3,(H,20,22)/t12-/m0/s1. The summed E-state index contributed by atoms with van der Waals surface area (Å²) in [7, 11) is -4.02. The Morgan fingerprint density at radius 3 is 2.23 bits per heavy atom. The molecule has 2 N–H and O–H groups in total. The molecule has 6 nitrogen and oxygen atoms in total. The van der Waals surface area contributed by atoms with Crippen LogP contribution in [-0.2, 0) is 14.8 Å². The Bertz CT molecular complexity index is 894. The van der Waals surface area contributed by atoms with Crippen LogP contribution >= 0.6 is 11.6 Å². The maximum Gasteiger partial charge on any atom is 0.275 e. The first-order valence-corrected chi connectivity index (χ1v) is 9.47. The summed E-state index contributed by atoms with van der Waals surface area (Å²) < 4.78 is 42.6. The van der Waals surface area contributed by atoms with Crippen molar-refractivity contribution in [3.8, 4) is 5.75 Å². The maximum atomic E-state index is 12.9. The second-order valence-corrected chi connectivity index (χ2v) is 7.80. The Labute approximate surface area is 156 Å². The number of carbonyl (C=O) groups is 1. The van der Waals surface area contributed by atoms with Crippen LogP contribution in [0.5, 0.6) is 5.75 Å². The highest BCUT2D eigenvalue weighted by Crippen LogP contribution is 2.27. The summed E-state index contributed by atoms with van der Waals surface area (Å²) in [5.41, 5.74) is 3.59. The lowest BCUT2D eigenvalue weighted by Gasteiger charge is -2.18. The van der Waals surface area contributed by atoms with Crippen molar-refractivity contribution in [2.75, 3.05) is 0 Å². The zero-order chi connectivity index (χ0) is 19.5. The van der Waals surface area contributed by atoms with Gasteiger partial charge in [-0.2, -0.15) is 0 Å². The fraction of sp³-hybridized carbons (Fsp3) is 0.235. The summed E-state index contributed by atoms with van der Waals surface area (Å²) in [6.45, 7) is 5.06. The number of hydrogen-bond donors (Lipinski definition) is 2. The molecular weight excluding hydrogens is 383 g/mol. The Hall–Kier alpha value is -2.16. The molecule has 2 aromatic carbocycles. The Morgan fingerprint density at radius 2 is 1.69 bits per heavy atom. The smallest absolute Gasteiger partial charge is 0.275 e. The fourth-order valence-electron chi connectivity index (χ4n) is 2.21. The van der Waals surface area contributed by atoms with Gasteiger partial charge in [0.1, 0.15) is 11.6 Å². The highest BCUT2D eigenvalue weighted by atomic mass is 35.5. The van der Waals surface area contributed by atoms with Crippen molar-refractivity contribution in [1.82, 2.24) is 10.3 Å². The monoisotopic (exact) mass is 400 g/mol. The number of nitrogens with one attached hydrogen (secondary N) is 2. The van der Waals surface area contributed by atoms with E-state index in [0.29, 0.717) is 10.8 Å². The predicted molar refractivity (Wildman–Crippen MR) is 95.9 cm³/mol. The molecule has 140 valence electrons. The molecule has 0 fully saturated rings. The molecular formula is C17H18ClFN2O4S. The molecule has 0 unspecified atom stereocenters. The molecule has 26 heavy (non-hydrogen) atoms. The molecule has 2 rings (SSSR count). The van der Waals surface area contributed by atoms with Gasteiger partial charge in [-0.05, 0) is 68.3 Å². The van der Waals surface area contributed by atoms with Crippen LogP contribution in [0.2, 0.25) is 5.02 Å². The second-order valence-electron chi connectivity index (χ2n) is 5.68. The third-order valence-corrected chi connectivity index (χ3v) is 5.00. The van der Waals surface area contributed by atoms with E-state index in [0.717, 1.165) is 35.4 Å². The topological polar surface area (TPSA) is 84.5 Å². The molecule has 0 heterocycles. The van der Waals surface area contributed by atoms with Crippen LogP contribution in [0.1, 0.15) is 18.1 Å². The molecule has 0 radical (unpaired) electrons. The molecule has 0 saturated heterocycles. The van der Waals surface area contributed by atoms with Crippen LogP contribution in [0.25, 0.3) is 0 Å². The van der Waals surface area contributed by atoms with Crippen molar-refractivity contribution in [3.63, 3.8) is 0 Å². The molecule has 0 spiro atoms. The minimum Gasteiger partial charge on any atom is -0.480 e. The average molecular weight is 401 g/mol. The van der Waals surface area contributed by atoms with Crippen molar-refractivity contribution in [1.29, 1.82) is 0 Å².